The summed E-state index contributed by atoms with van der Waals surface area (Å²) in [4.78, 5) is 23.5. The normalized spacial score (nSPS) is 18.6. The average Bonchev–Trinajstić information content (AvgIpc) is 2.48. The molecule has 1 saturated heterocycles. The Morgan fingerprint density at radius 1 is 1.64 bits per heavy atom. The van der Waals surface area contributed by atoms with E-state index in [4.69, 9.17) is 10.5 Å². The second kappa shape index (κ2) is 4.92. The molecule has 1 heterocycles. The fourth-order valence-corrected chi connectivity index (χ4v) is 1.27. The number of nitrogens with zero attached hydrogens (tertiary/aromatic N) is 1. The van der Waals surface area contributed by atoms with Crippen molar-refractivity contribution in [2.75, 3.05) is 26.2 Å². The Bertz CT molecular complexity index is 216. The number of rotatable bonds is 5. The van der Waals surface area contributed by atoms with Crippen LogP contribution < -0.4 is 11.1 Å². The van der Waals surface area contributed by atoms with Gasteiger partial charge in [0.2, 0.25) is 5.91 Å². The summed E-state index contributed by atoms with van der Waals surface area (Å²) < 4.78 is 5.25. The molecule has 0 saturated carbocycles. The zero-order valence-corrected chi connectivity index (χ0v) is 8.16. The Hall–Kier alpha value is -1.14. The highest BCUT2D eigenvalue weighted by molar-refractivity contribution is 6.01. The fourth-order valence-electron chi connectivity index (χ4n) is 1.27. The standard InChI is InChI=1S/C8H15N3O3/c1-2-14-6(3-9)5-11-7(12)4-10-8(11)13/h6H,2-5,9H2,1H3,(H,10,13). The minimum atomic E-state index is -0.367. The van der Waals surface area contributed by atoms with E-state index in [0.29, 0.717) is 13.2 Å². The molecule has 0 aromatic heterocycles. The third kappa shape index (κ3) is 2.43. The van der Waals surface area contributed by atoms with Crippen molar-refractivity contribution in [3.63, 3.8) is 0 Å². The smallest absolute Gasteiger partial charge is 0.324 e. The van der Waals surface area contributed by atoms with Crippen molar-refractivity contribution in [3.8, 4) is 0 Å². The number of carbonyl (C=O) groups is 2. The summed E-state index contributed by atoms with van der Waals surface area (Å²) in [5, 5.41) is 2.43. The van der Waals surface area contributed by atoms with Crippen molar-refractivity contribution < 1.29 is 14.3 Å². The van der Waals surface area contributed by atoms with Gasteiger partial charge >= 0.3 is 6.03 Å². The number of nitrogens with two attached hydrogens (primary N) is 1. The molecule has 0 spiro atoms. The number of ether oxygens (including phenoxy) is 1. The molecule has 6 nitrogen and oxygen atoms in total. The quantitative estimate of drug-likeness (QED) is 0.553. The number of urea groups is 1. The van der Waals surface area contributed by atoms with Crippen LogP contribution in [0.2, 0.25) is 0 Å². The summed E-state index contributed by atoms with van der Waals surface area (Å²) in [5.41, 5.74) is 5.43. The van der Waals surface area contributed by atoms with E-state index in [1.807, 2.05) is 6.92 Å². The Labute approximate surface area is 82.4 Å². The van der Waals surface area contributed by atoms with Crippen molar-refractivity contribution in [1.29, 1.82) is 0 Å². The second-order valence-electron chi connectivity index (χ2n) is 2.98. The van der Waals surface area contributed by atoms with Crippen LogP contribution >= 0.6 is 0 Å². The molecule has 1 unspecified atom stereocenters. The topological polar surface area (TPSA) is 84.7 Å². The minimum absolute atomic E-state index is 0.0717. The van der Waals surface area contributed by atoms with Crippen LogP contribution in [0.4, 0.5) is 4.79 Å². The maximum atomic E-state index is 11.2. The molecule has 1 aliphatic heterocycles. The predicted molar refractivity (Wildman–Crippen MR) is 49.6 cm³/mol. The molecule has 1 rings (SSSR count). The first kappa shape index (κ1) is 10.9. The van der Waals surface area contributed by atoms with Gasteiger partial charge in [0.05, 0.1) is 19.2 Å². The summed E-state index contributed by atoms with van der Waals surface area (Å²) in [6.07, 6.45) is -0.271. The molecule has 14 heavy (non-hydrogen) atoms. The highest BCUT2D eigenvalue weighted by Crippen LogP contribution is 2.02. The molecule has 0 bridgehead atoms. The zero-order valence-electron chi connectivity index (χ0n) is 8.16. The highest BCUT2D eigenvalue weighted by atomic mass is 16.5. The van der Waals surface area contributed by atoms with Crippen LogP contribution in [0.25, 0.3) is 0 Å². The van der Waals surface area contributed by atoms with Crippen molar-refractivity contribution in [2.45, 2.75) is 13.0 Å². The molecular formula is C8H15N3O3. The summed E-state index contributed by atoms with van der Waals surface area (Å²) in [6.45, 7) is 2.96. The van der Waals surface area contributed by atoms with E-state index in [2.05, 4.69) is 5.32 Å². The zero-order chi connectivity index (χ0) is 10.6. The highest BCUT2D eigenvalue weighted by Gasteiger charge is 2.30. The van der Waals surface area contributed by atoms with E-state index in [-0.39, 0.29) is 31.1 Å². The molecule has 80 valence electrons. The van der Waals surface area contributed by atoms with Gasteiger partial charge in [-0.25, -0.2) is 4.79 Å². The van der Waals surface area contributed by atoms with Crippen LogP contribution in [0.3, 0.4) is 0 Å². The van der Waals surface area contributed by atoms with Gasteiger partial charge in [-0.1, -0.05) is 0 Å². The third-order valence-electron chi connectivity index (χ3n) is 1.99. The Balaban J connectivity index is 2.48. The van der Waals surface area contributed by atoms with Gasteiger partial charge in [-0.3, -0.25) is 9.69 Å². The van der Waals surface area contributed by atoms with Crippen molar-refractivity contribution in [1.82, 2.24) is 10.2 Å². The van der Waals surface area contributed by atoms with Crippen LogP contribution in [0.1, 0.15) is 6.92 Å². The molecule has 6 heteroatoms. The second-order valence-corrected chi connectivity index (χ2v) is 2.98. The Kier molecular flexibility index (Phi) is 3.84. The third-order valence-corrected chi connectivity index (χ3v) is 1.99. The lowest BCUT2D eigenvalue weighted by molar-refractivity contribution is -0.126. The lowest BCUT2D eigenvalue weighted by Gasteiger charge is -2.19. The molecule has 3 amide bonds. The van der Waals surface area contributed by atoms with Gasteiger partial charge in [-0.15, -0.1) is 0 Å². The van der Waals surface area contributed by atoms with Crippen molar-refractivity contribution >= 4 is 11.9 Å². The molecule has 0 aromatic carbocycles. The van der Waals surface area contributed by atoms with Crippen LogP contribution in [0.15, 0.2) is 0 Å². The van der Waals surface area contributed by atoms with Gasteiger partial charge in [0.15, 0.2) is 0 Å². The molecule has 0 aliphatic carbocycles. The summed E-state index contributed by atoms with van der Waals surface area (Å²) in [6, 6.07) is -0.367. The predicted octanol–water partition coefficient (Wildman–Crippen LogP) is -1.10. The first-order valence-corrected chi connectivity index (χ1v) is 4.59. The number of carbonyl (C=O) groups excluding carboxylic acids is 2. The van der Waals surface area contributed by atoms with Crippen LogP contribution in [-0.4, -0.2) is 49.2 Å². The molecule has 1 aliphatic rings. The molecule has 0 aromatic rings. The molecule has 1 fully saturated rings. The average molecular weight is 201 g/mol. The summed E-state index contributed by atoms with van der Waals surface area (Å²) in [5.74, 6) is -0.229. The van der Waals surface area contributed by atoms with E-state index < -0.39 is 0 Å². The Morgan fingerprint density at radius 3 is 2.79 bits per heavy atom. The SMILES string of the molecule is CCOC(CN)CN1C(=O)CNC1=O. The monoisotopic (exact) mass is 201 g/mol. The van der Waals surface area contributed by atoms with Gasteiger partial charge in [0.1, 0.15) is 0 Å². The number of hydrogen-bond donors (Lipinski definition) is 2. The minimum Gasteiger partial charge on any atom is -0.375 e. The molecule has 1 atom stereocenters. The van der Waals surface area contributed by atoms with Gasteiger partial charge in [-0.05, 0) is 6.92 Å². The molecule has 0 radical (unpaired) electrons. The first-order chi connectivity index (χ1) is 6.69. The molecular weight excluding hydrogens is 186 g/mol. The fraction of sp³-hybridized carbons (Fsp3) is 0.750. The number of imide groups is 1. The molecule has 3 N–H and O–H groups in total. The van der Waals surface area contributed by atoms with E-state index in [1.54, 1.807) is 0 Å². The van der Waals surface area contributed by atoms with E-state index in [0.717, 1.165) is 4.90 Å². The Morgan fingerprint density at radius 2 is 2.36 bits per heavy atom. The first-order valence-electron chi connectivity index (χ1n) is 4.59. The van der Waals surface area contributed by atoms with Crippen LogP contribution in [0, 0.1) is 0 Å². The van der Waals surface area contributed by atoms with Crippen LogP contribution in [-0.2, 0) is 9.53 Å². The van der Waals surface area contributed by atoms with Gasteiger partial charge in [-0.2, -0.15) is 0 Å². The number of amides is 3. The lowest BCUT2D eigenvalue weighted by Crippen LogP contribution is -2.41. The van der Waals surface area contributed by atoms with E-state index >= 15 is 0 Å². The van der Waals surface area contributed by atoms with E-state index in [9.17, 15) is 9.59 Å². The summed E-state index contributed by atoms with van der Waals surface area (Å²) in [7, 11) is 0. The van der Waals surface area contributed by atoms with Crippen molar-refractivity contribution in [2.24, 2.45) is 5.73 Å². The van der Waals surface area contributed by atoms with E-state index in [1.165, 1.54) is 0 Å². The van der Waals surface area contributed by atoms with Gasteiger partial charge in [0.25, 0.3) is 0 Å². The maximum absolute atomic E-state index is 11.2. The van der Waals surface area contributed by atoms with Gasteiger partial charge < -0.3 is 15.8 Å². The lowest BCUT2D eigenvalue weighted by atomic mass is 10.3. The maximum Gasteiger partial charge on any atom is 0.324 e. The van der Waals surface area contributed by atoms with Crippen LogP contribution in [0.5, 0.6) is 0 Å². The largest absolute Gasteiger partial charge is 0.375 e. The number of hydrogen-bond acceptors (Lipinski definition) is 4. The van der Waals surface area contributed by atoms with Gasteiger partial charge in [0, 0.05) is 13.2 Å². The number of nitrogens with one attached hydrogen (secondary N) is 1. The summed E-state index contributed by atoms with van der Waals surface area (Å²) >= 11 is 0. The van der Waals surface area contributed by atoms with Crippen molar-refractivity contribution in [3.05, 3.63) is 0 Å².